The van der Waals surface area contributed by atoms with Crippen LogP contribution in [0, 0.1) is 0 Å². The third kappa shape index (κ3) is 2.53. The zero-order chi connectivity index (χ0) is 11.6. The van der Waals surface area contributed by atoms with Crippen molar-refractivity contribution < 1.29 is 13.2 Å². The highest BCUT2D eigenvalue weighted by Gasteiger charge is 2.39. The molecule has 1 N–H and O–H groups in total. The van der Waals surface area contributed by atoms with E-state index < -0.39 is 10.2 Å². The van der Waals surface area contributed by atoms with E-state index in [0.717, 1.165) is 12.2 Å². The molecule has 0 saturated carbocycles. The van der Waals surface area contributed by atoms with Crippen LogP contribution in [0.4, 0.5) is 0 Å². The molecule has 0 aromatic heterocycles. The van der Waals surface area contributed by atoms with Gasteiger partial charge in [-0.25, -0.2) is 4.72 Å². The van der Waals surface area contributed by atoms with Crippen molar-refractivity contribution in [2.45, 2.75) is 24.6 Å². The smallest absolute Gasteiger partial charge is 0.279 e. The number of fused-ring (bicyclic) bond motifs is 1. The fourth-order valence-electron chi connectivity index (χ4n) is 2.21. The first kappa shape index (κ1) is 12.6. The van der Waals surface area contributed by atoms with E-state index in [-0.39, 0.29) is 6.04 Å². The molecule has 0 spiro atoms. The summed E-state index contributed by atoms with van der Waals surface area (Å²) in [6.07, 6.45) is 0.808. The molecule has 2 heterocycles. The molecule has 0 aromatic carbocycles. The van der Waals surface area contributed by atoms with E-state index >= 15 is 0 Å². The summed E-state index contributed by atoms with van der Waals surface area (Å²) in [6, 6.07) is 0.108. The molecule has 0 bridgehead atoms. The SMILES string of the molecule is CCNS(=O)(=O)N1CCS[C@@H]2COCC[C@@H]21. The number of ether oxygens (including phenoxy) is 1. The minimum absolute atomic E-state index is 0.108. The van der Waals surface area contributed by atoms with E-state index in [4.69, 9.17) is 4.74 Å². The Balaban J connectivity index is 2.13. The molecular formula is C9H18N2O3S2. The molecule has 0 amide bonds. The number of hydrogen-bond acceptors (Lipinski definition) is 4. The van der Waals surface area contributed by atoms with E-state index in [1.165, 1.54) is 0 Å². The lowest BCUT2D eigenvalue weighted by Crippen LogP contribution is -2.56. The molecule has 0 unspecified atom stereocenters. The van der Waals surface area contributed by atoms with Crippen LogP contribution in [0.15, 0.2) is 0 Å². The van der Waals surface area contributed by atoms with Crippen molar-refractivity contribution >= 4 is 22.0 Å². The molecule has 2 aliphatic rings. The zero-order valence-corrected chi connectivity index (χ0v) is 11.0. The molecule has 2 fully saturated rings. The molecule has 2 atom stereocenters. The first-order chi connectivity index (χ1) is 7.65. The van der Waals surface area contributed by atoms with Crippen LogP contribution in [-0.4, -0.2) is 56.1 Å². The van der Waals surface area contributed by atoms with E-state index in [2.05, 4.69) is 4.72 Å². The first-order valence-electron chi connectivity index (χ1n) is 5.61. The Morgan fingerprint density at radius 3 is 3.12 bits per heavy atom. The molecule has 2 aliphatic heterocycles. The molecule has 7 heteroatoms. The van der Waals surface area contributed by atoms with E-state index in [0.29, 0.717) is 31.6 Å². The second kappa shape index (κ2) is 5.22. The van der Waals surface area contributed by atoms with Gasteiger partial charge in [-0.15, -0.1) is 0 Å². The van der Waals surface area contributed by atoms with Crippen molar-refractivity contribution in [2.24, 2.45) is 0 Å². The van der Waals surface area contributed by atoms with E-state index in [1.807, 2.05) is 11.8 Å². The van der Waals surface area contributed by atoms with Gasteiger partial charge in [0.25, 0.3) is 10.2 Å². The minimum Gasteiger partial charge on any atom is -0.380 e. The van der Waals surface area contributed by atoms with Crippen molar-refractivity contribution in [1.82, 2.24) is 9.03 Å². The van der Waals surface area contributed by atoms with Gasteiger partial charge in [-0.2, -0.15) is 24.5 Å². The second-order valence-corrected chi connectivity index (χ2v) is 7.01. The zero-order valence-electron chi connectivity index (χ0n) is 9.39. The van der Waals surface area contributed by atoms with E-state index in [9.17, 15) is 8.42 Å². The predicted octanol–water partition coefficient (Wildman–Crippen LogP) is 0.0470. The van der Waals surface area contributed by atoms with Crippen LogP contribution in [0.2, 0.25) is 0 Å². The topological polar surface area (TPSA) is 58.6 Å². The van der Waals surface area contributed by atoms with Crippen LogP contribution < -0.4 is 4.72 Å². The van der Waals surface area contributed by atoms with Crippen molar-refractivity contribution in [3.05, 3.63) is 0 Å². The van der Waals surface area contributed by atoms with Crippen molar-refractivity contribution in [3.8, 4) is 0 Å². The first-order valence-corrected chi connectivity index (χ1v) is 8.10. The Labute approximate surface area is 101 Å². The maximum absolute atomic E-state index is 12.0. The van der Waals surface area contributed by atoms with E-state index in [1.54, 1.807) is 11.2 Å². The third-order valence-electron chi connectivity index (χ3n) is 2.92. The maximum Gasteiger partial charge on any atom is 0.279 e. The Kier molecular flexibility index (Phi) is 4.12. The van der Waals surface area contributed by atoms with Crippen LogP contribution in [-0.2, 0) is 14.9 Å². The summed E-state index contributed by atoms with van der Waals surface area (Å²) in [5, 5.41) is 0.302. The van der Waals surface area contributed by atoms with Crippen LogP contribution in [0.5, 0.6) is 0 Å². The maximum atomic E-state index is 12.0. The van der Waals surface area contributed by atoms with Crippen LogP contribution in [0.3, 0.4) is 0 Å². The number of hydrogen-bond donors (Lipinski definition) is 1. The largest absolute Gasteiger partial charge is 0.380 e. The lowest BCUT2D eigenvalue weighted by molar-refractivity contribution is 0.0622. The Morgan fingerprint density at radius 2 is 2.38 bits per heavy atom. The van der Waals surface area contributed by atoms with Gasteiger partial charge in [0.15, 0.2) is 0 Å². The summed E-state index contributed by atoms with van der Waals surface area (Å²) in [5.41, 5.74) is 0. The van der Waals surface area contributed by atoms with Gasteiger partial charge in [0.1, 0.15) is 0 Å². The average molecular weight is 266 g/mol. The summed E-state index contributed by atoms with van der Waals surface area (Å²) in [4.78, 5) is 0. The fourth-order valence-corrected chi connectivity index (χ4v) is 5.18. The van der Waals surface area contributed by atoms with Crippen LogP contribution in [0.1, 0.15) is 13.3 Å². The molecular weight excluding hydrogens is 248 g/mol. The van der Waals surface area contributed by atoms with Gasteiger partial charge in [-0.1, -0.05) is 6.92 Å². The lowest BCUT2D eigenvalue weighted by Gasteiger charge is -2.42. The number of nitrogens with zero attached hydrogens (tertiary/aromatic N) is 1. The van der Waals surface area contributed by atoms with Crippen LogP contribution >= 0.6 is 11.8 Å². The van der Waals surface area contributed by atoms with Crippen molar-refractivity contribution in [2.75, 3.05) is 32.1 Å². The molecule has 2 saturated heterocycles. The van der Waals surface area contributed by atoms with Gasteiger partial charge in [-0.05, 0) is 6.42 Å². The van der Waals surface area contributed by atoms with Crippen LogP contribution in [0.25, 0.3) is 0 Å². The molecule has 2 rings (SSSR count). The highest BCUT2D eigenvalue weighted by Crippen LogP contribution is 2.31. The fraction of sp³-hybridized carbons (Fsp3) is 1.00. The highest BCUT2D eigenvalue weighted by molar-refractivity contribution is 8.00. The molecule has 0 aliphatic carbocycles. The number of rotatable bonds is 3. The average Bonchev–Trinajstić information content (AvgIpc) is 2.28. The third-order valence-corrected chi connectivity index (χ3v) is 5.94. The molecule has 5 nitrogen and oxygen atoms in total. The van der Waals surface area contributed by atoms with Gasteiger partial charge in [0.05, 0.1) is 6.61 Å². The molecule has 0 aromatic rings. The quantitative estimate of drug-likeness (QED) is 0.784. The lowest BCUT2D eigenvalue weighted by atomic mass is 10.1. The number of thioether (sulfide) groups is 1. The number of nitrogens with one attached hydrogen (secondary N) is 1. The molecule has 0 radical (unpaired) electrons. The normalized spacial score (nSPS) is 32.3. The minimum atomic E-state index is -3.29. The summed E-state index contributed by atoms with van der Waals surface area (Å²) < 4.78 is 33.6. The Bertz CT molecular complexity index is 332. The summed E-state index contributed by atoms with van der Waals surface area (Å²) in [7, 11) is -3.29. The monoisotopic (exact) mass is 266 g/mol. The molecule has 94 valence electrons. The van der Waals surface area contributed by atoms with Gasteiger partial charge in [-0.3, -0.25) is 0 Å². The Morgan fingerprint density at radius 1 is 1.56 bits per heavy atom. The standard InChI is InChI=1S/C9H18N2O3S2/c1-2-10-16(12,13)11-4-6-15-9-7-14-5-3-8(9)11/h8-10H,2-7H2,1H3/t8-,9+/m0/s1. The van der Waals surface area contributed by atoms with Crippen molar-refractivity contribution in [3.63, 3.8) is 0 Å². The molecule has 16 heavy (non-hydrogen) atoms. The van der Waals surface area contributed by atoms with Crippen molar-refractivity contribution in [1.29, 1.82) is 0 Å². The van der Waals surface area contributed by atoms with Gasteiger partial charge < -0.3 is 4.74 Å². The Hall–Kier alpha value is 0.180. The van der Waals surface area contributed by atoms with Gasteiger partial charge >= 0.3 is 0 Å². The summed E-state index contributed by atoms with van der Waals surface area (Å²) in [6.45, 7) is 4.20. The van der Waals surface area contributed by atoms with Gasteiger partial charge in [0.2, 0.25) is 0 Å². The highest BCUT2D eigenvalue weighted by atomic mass is 32.2. The van der Waals surface area contributed by atoms with Gasteiger partial charge in [0, 0.05) is 36.7 Å². The second-order valence-electron chi connectivity index (χ2n) is 3.95. The summed E-state index contributed by atoms with van der Waals surface area (Å²) >= 11 is 1.83. The predicted molar refractivity (Wildman–Crippen MR) is 64.8 cm³/mol. The summed E-state index contributed by atoms with van der Waals surface area (Å²) in [5.74, 6) is 0.856.